The number of carbonyl (C=O) groups is 1. The Morgan fingerprint density at radius 2 is 1.73 bits per heavy atom. The van der Waals surface area contributed by atoms with Crippen molar-refractivity contribution in [2.75, 3.05) is 18.0 Å². The van der Waals surface area contributed by atoms with Crippen molar-refractivity contribution in [2.24, 2.45) is 0 Å². The number of hydrogen-bond donors (Lipinski definition) is 0. The minimum absolute atomic E-state index is 0.0887. The Labute approximate surface area is 154 Å². The van der Waals surface area contributed by atoms with Gasteiger partial charge in [0.25, 0.3) is 0 Å². The van der Waals surface area contributed by atoms with Crippen LogP contribution in [0.3, 0.4) is 0 Å². The maximum Gasteiger partial charge on any atom is 0.497 e. The molecule has 5 rings (SSSR count). The topological polar surface area (TPSA) is 42.0 Å². The molecular weight excluding hydrogens is 334 g/mol. The zero-order valence-electron chi connectivity index (χ0n) is 16.1. The van der Waals surface area contributed by atoms with Crippen LogP contribution in [-0.2, 0) is 14.1 Å². The Balaban J connectivity index is 1.60. The zero-order chi connectivity index (χ0) is 18.9. The first-order valence-electron chi connectivity index (χ1n) is 9.28. The van der Waals surface area contributed by atoms with Crippen molar-refractivity contribution < 1.29 is 18.5 Å². The summed E-state index contributed by atoms with van der Waals surface area (Å²) in [6, 6.07) is 5.77. The number of piperidine rings is 1. The SMILES string of the molecule is CC(=O)N1CC2CC(C1)N2c1cccc(B2OC(C)(C)C(C)(C)O2)c1F. The molecule has 5 nitrogen and oxygen atoms in total. The van der Waals surface area contributed by atoms with Gasteiger partial charge in [-0.3, -0.25) is 4.79 Å². The summed E-state index contributed by atoms with van der Waals surface area (Å²) < 4.78 is 27.4. The van der Waals surface area contributed by atoms with Gasteiger partial charge in [-0.15, -0.1) is 0 Å². The number of carbonyl (C=O) groups excluding carboxylic acids is 1. The van der Waals surface area contributed by atoms with Gasteiger partial charge in [0.2, 0.25) is 5.91 Å². The molecule has 4 heterocycles. The third-order valence-corrected chi connectivity index (χ3v) is 6.43. The van der Waals surface area contributed by atoms with E-state index in [1.54, 1.807) is 13.0 Å². The smallest absolute Gasteiger partial charge is 0.399 e. The number of benzene rings is 1. The summed E-state index contributed by atoms with van der Waals surface area (Å²) in [4.78, 5) is 15.6. The van der Waals surface area contributed by atoms with Crippen LogP contribution in [-0.4, -0.2) is 54.3 Å². The minimum Gasteiger partial charge on any atom is -0.399 e. The van der Waals surface area contributed by atoms with Crippen molar-refractivity contribution in [3.63, 3.8) is 0 Å². The highest BCUT2D eigenvalue weighted by atomic mass is 19.1. The maximum atomic E-state index is 15.4. The highest BCUT2D eigenvalue weighted by molar-refractivity contribution is 6.62. The second kappa shape index (κ2) is 5.70. The summed E-state index contributed by atoms with van der Waals surface area (Å²) in [5.41, 5.74) is 0.0151. The van der Waals surface area contributed by atoms with Crippen molar-refractivity contribution >= 4 is 24.2 Å². The van der Waals surface area contributed by atoms with E-state index >= 15 is 4.39 Å². The number of nitrogens with zero attached hydrogens (tertiary/aromatic N) is 2. The van der Waals surface area contributed by atoms with Crippen molar-refractivity contribution in [3.05, 3.63) is 24.0 Å². The first kappa shape index (κ1) is 17.8. The van der Waals surface area contributed by atoms with Gasteiger partial charge >= 0.3 is 7.12 Å². The van der Waals surface area contributed by atoms with Gasteiger partial charge in [-0.05, 0) is 40.2 Å². The first-order valence-corrected chi connectivity index (χ1v) is 9.28. The van der Waals surface area contributed by atoms with Crippen molar-refractivity contribution in [1.82, 2.24) is 4.90 Å². The number of fused-ring (bicyclic) bond motifs is 2. The summed E-state index contributed by atoms with van der Waals surface area (Å²) in [7, 11) is -0.713. The Kier molecular flexibility index (Phi) is 3.90. The fraction of sp³-hybridized carbons (Fsp3) is 0.632. The van der Waals surface area contributed by atoms with Crippen LogP contribution < -0.4 is 10.4 Å². The van der Waals surface area contributed by atoms with E-state index in [0.29, 0.717) is 24.2 Å². The molecular formula is C19H26BFN2O3. The van der Waals surface area contributed by atoms with E-state index in [9.17, 15) is 4.79 Å². The summed E-state index contributed by atoms with van der Waals surface area (Å²) >= 11 is 0. The Morgan fingerprint density at radius 3 is 2.27 bits per heavy atom. The highest BCUT2D eigenvalue weighted by Gasteiger charge is 2.53. The van der Waals surface area contributed by atoms with E-state index in [1.165, 1.54) is 0 Å². The van der Waals surface area contributed by atoms with Crippen LogP contribution in [0.1, 0.15) is 41.0 Å². The van der Waals surface area contributed by atoms with E-state index < -0.39 is 18.3 Å². The van der Waals surface area contributed by atoms with Gasteiger partial charge in [0, 0.05) is 37.6 Å². The van der Waals surface area contributed by atoms with Gasteiger partial charge < -0.3 is 19.1 Å². The molecule has 0 radical (unpaired) electrons. The Hall–Kier alpha value is -1.60. The molecule has 26 heavy (non-hydrogen) atoms. The average molecular weight is 360 g/mol. The van der Waals surface area contributed by atoms with Gasteiger partial charge in [-0.1, -0.05) is 12.1 Å². The van der Waals surface area contributed by atoms with Crippen LogP contribution >= 0.6 is 0 Å². The third-order valence-electron chi connectivity index (χ3n) is 6.43. The van der Waals surface area contributed by atoms with Crippen LogP contribution in [0.15, 0.2) is 18.2 Å². The number of hydrogen-bond acceptors (Lipinski definition) is 4. The first-order chi connectivity index (χ1) is 12.1. The largest absolute Gasteiger partial charge is 0.497 e. The van der Waals surface area contributed by atoms with Crippen LogP contribution in [0, 0.1) is 5.82 Å². The van der Waals surface area contributed by atoms with Crippen LogP contribution in [0.2, 0.25) is 0 Å². The summed E-state index contributed by atoms with van der Waals surface area (Å²) in [6.45, 7) is 10.8. The summed E-state index contributed by atoms with van der Waals surface area (Å²) in [5.74, 6) is -0.192. The number of amides is 1. The van der Waals surface area contributed by atoms with Crippen molar-refractivity contribution in [2.45, 2.75) is 64.3 Å². The number of piperazine rings is 1. The molecule has 4 aliphatic rings. The number of halogens is 1. The molecule has 140 valence electrons. The summed E-state index contributed by atoms with van der Waals surface area (Å²) in [5, 5.41) is 0. The van der Waals surface area contributed by atoms with Gasteiger partial charge in [0.05, 0.1) is 16.9 Å². The fourth-order valence-corrected chi connectivity index (χ4v) is 4.15. The second-order valence-corrected chi connectivity index (χ2v) is 8.64. The van der Waals surface area contributed by atoms with Crippen molar-refractivity contribution in [3.8, 4) is 0 Å². The van der Waals surface area contributed by atoms with Crippen molar-refractivity contribution in [1.29, 1.82) is 0 Å². The second-order valence-electron chi connectivity index (χ2n) is 8.64. The highest BCUT2D eigenvalue weighted by Crippen LogP contribution is 2.40. The molecule has 7 heteroatoms. The quantitative estimate of drug-likeness (QED) is 0.756. The molecule has 2 bridgehead atoms. The molecule has 4 fully saturated rings. The van der Waals surface area contributed by atoms with Gasteiger partial charge in [0.1, 0.15) is 5.82 Å². The van der Waals surface area contributed by atoms with E-state index in [-0.39, 0.29) is 23.8 Å². The van der Waals surface area contributed by atoms with Gasteiger partial charge in [-0.25, -0.2) is 4.39 Å². The zero-order valence-corrected chi connectivity index (χ0v) is 16.1. The lowest BCUT2D eigenvalue weighted by atomic mass is 9.77. The van der Waals surface area contributed by atoms with E-state index in [4.69, 9.17) is 9.31 Å². The van der Waals surface area contributed by atoms with Gasteiger partial charge in [-0.2, -0.15) is 0 Å². The molecule has 2 atom stereocenters. The Bertz CT molecular complexity index is 726. The van der Waals surface area contributed by atoms with Crippen LogP contribution in [0.4, 0.5) is 10.1 Å². The van der Waals surface area contributed by atoms with E-state index in [0.717, 1.165) is 6.42 Å². The molecule has 0 N–H and O–H groups in total. The van der Waals surface area contributed by atoms with Crippen LogP contribution in [0.25, 0.3) is 0 Å². The van der Waals surface area contributed by atoms with E-state index in [2.05, 4.69) is 4.90 Å². The lowest BCUT2D eigenvalue weighted by Crippen LogP contribution is -2.70. The molecule has 0 spiro atoms. The predicted octanol–water partition coefficient (Wildman–Crippen LogP) is 1.93. The molecule has 0 saturated carbocycles. The molecule has 4 aliphatic heterocycles. The normalized spacial score (nSPS) is 28.9. The molecule has 1 aromatic carbocycles. The third kappa shape index (κ3) is 2.55. The van der Waals surface area contributed by atoms with Crippen LogP contribution in [0.5, 0.6) is 0 Å². The van der Waals surface area contributed by atoms with Gasteiger partial charge in [0.15, 0.2) is 0 Å². The molecule has 1 amide bonds. The molecule has 0 aliphatic carbocycles. The molecule has 4 saturated heterocycles. The standard InChI is InChI=1S/C19H26BFN2O3/c1-12(24)22-10-13-9-14(11-22)23(13)16-8-6-7-15(17(16)21)20-25-18(2,3)19(4,5)26-20/h6-8,13-14H,9-11H2,1-5H3. The Morgan fingerprint density at radius 1 is 1.15 bits per heavy atom. The molecule has 1 aromatic rings. The number of rotatable bonds is 2. The lowest BCUT2D eigenvalue weighted by Gasteiger charge is -2.57. The predicted molar refractivity (Wildman–Crippen MR) is 99.0 cm³/mol. The minimum atomic E-state index is -0.713. The lowest BCUT2D eigenvalue weighted by molar-refractivity contribution is -0.131. The molecule has 2 unspecified atom stereocenters. The van der Waals surface area contributed by atoms with E-state index in [1.807, 2.05) is 44.7 Å². The maximum absolute atomic E-state index is 15.4. The number of anilines is 1. The summed E-state index contributed by atoms with van der Waals surface area (Å²) in [6.07, 6.45) is 1.00. The average Bonchev–Trinajstić information content (AvgIpc) is 2.77. The fourth-order valence-electron chi connectivity index (χ4n) is 4.15. The molecule has 0 aromatic heterocycles. The monoisotopic (exact) mass is 360 g/mol.